The highest BCUT2D eigenvalue weighted by molar-refractivity contribution is 5.37. The molecule has 106 valence electrons. The molecule has 2 rings (SSSR count). The Morgan fingerprint density at radius 1 is 1.15 bits per heavy atom. The number of hydrogen-bond acceptors (Lipinski definition) is 3. The van der Waals surface area contributed by atoms with E-state index in [0.717, 1.165) is 29.3 Å². The molecule has 3 nitrogen and oxygen atoms in total. The van der Waals surface area contributed by atoms with Gasteiger partial charge in [0.2, 0.25) is 0 Å². The molecule has 0 saturated carbocycles. The van der Waals surface area contributed by atoms with Crippen LogP contribution >= 0.6 is 0 Å². The van der Waals surface area contributed by atoms with Crippen LogP contribution in [-0.2, 0) is 6.54 Å². The highest BCUT2D eigenvalue weighted by atomic mass is 16.5. The zero-order valence-corrected chi connectivity index (χ0v) is 12.6. The molecule has 0 spiro atoms. The molecule has 1 aromatic heterocycles. The summed E-state index contributed by atoms with van der Waals surface area (Å²) in [4.78, 5) is 4.36. The van der Waals surface area contributed by atoms with Crippen molar-refractivity contribution in [2.24, 2.45) is 0 Å². The van der Waals surface area contributed by atoms with Crippen molar-refractivity contribution in [2.75, 3.05) is 0 Å². The maximum absolute atomic E-state index is 5.98. The van der Waals surface area contributed by atoms with E-state index in [0.29, 0.717) is 0 Å². The summed E-state index contributed by atoms with van der Waals surface area (Å²) in [6.45, 7) is 9.14. The van der Waals surface area contributed by atoms with Crippen molar-refractivity contribution in [2.45, 2.75) is 39.8 Å². The molecule has 1 N–H and O–H groups in total. The SMILES string of the molecule is Cc1cc(Oc2ccccc2)c(CNC(C)(C)C)cn1. The highest BCUT2D eigenvalue weighted by Gasteiger charge is 2.12. The number of para-hydroxylation sites is 1. The molecule has 0 saturated heterocycles. The van der Waals surface area contributed by atoms with Crippen LogP contribution in [0.25, 0.3) is 0 Å². The van der Waals surface area contributed by atoms with E-state index in [4.69, 9.17) is 4.74 Å². The molecular weight excluding hydrogens is 248 g/mol. The molecule has 2 aromatic rings. The topological polar surface area (TPSA) is 34.1 Å². The normalized spacial score (nSPS) is 11.4. The van der Waals surface area contributed by atoms with Gasteiger partial charge in [-0.05, 0) is 39.8 Å². The molecule has 0 bridgehead atoms. The van der Waals surface area contributed by atoms with E-state index in [-0.39, 0.29) is 5.54 Å². The van der Waals surface area contributed by atoms with E-state index in [9.17, 15) is 0 Å². The lowest BCUT2D eigenvalue weighted by Gasteiger charge is -2.21. The van der Waals surface area contributed by atoms with Crippen molar-refractivity contribution in [3.8, 4) is 11.5 Å². The zero-order valence-electron chi connectivity index (χ0n) is 12.6. The average molecular weight is 270 g/mol. The summed E-state index contributed by atoms with van der Waals surface area (Å²) in [6, 6.07) is 11.8. The number of nitrogens with one attached hydrogen (secondary N) is 1. The number of hydrogen-bond donors (Lipinski definition) is 1. The molecule has 0 radical (unpaired) electrons. The fourth-order valence-corrected chi connectivity index (χ4v) is 1.77. The number of ether oxygens (including phenoxy) is 1. The lowest BCUT2D eigenvalue weighted by Crippen LogP contribution is -2.35. The Bertz CT molecular complexity index is 559. The smallest absolute Gasteiger partial charge is 0.135 e. The van der Waals surface area contributed by atoms with E-state index < -0.39 is 0 Å². The van der Waals surface area contributed by atoms with Crippen molar-refractivity contribution in [3.63, 3.8) is 0 Å². The first kappa shape index (κ1) is 14.5. The predicted octanol–water partition coefficient (Wildman–Crippen LogP) is 4.07. The number of rotatable bonds is 4. The minimum absolute atomic E-state index is 0.0644. The molecule has 0 fully saturated rings. The van der Waals surface area contributed by atoms with E-state index in [1.807, 2.05) is 49.5 Å². The number of nitrogens with zero attached hydrogens (tertiary/aromatic N) is 1. The average Bonchev–Trinajstić information content (AvgIpc) is 2.38. The van der Waals surface area contributed by atoms with Crippen molar-refractivity contribution in [3.05, 3.63) is 53.9 Å². The third kappa shape index (κ3) is 4.35. The second-order valence-corrected chi connectivity index (χ2v) is 5.95. The van der Waals surface area contributed by atoms with Crippen LogP contribution in [0.4, 0.5) is 0 Å². The van der Waals surface area contributed by atoms with Gasteiger partial charge in [-0.3, -0.25) is 4.98 Å². The van der Waals surface area contributed by atoms with Gasteiger partial charge in [0.05, 0.1) is 0 Å². The van der Waals surface area contributed by atoms with Crippen molar-refractivity contribution >= 4 is 0 Å². The van der Waals surface area contributed by atoms with E-state index >= 15 is 0 Å². The van der Waals surface area contributed by atoms with Crippen molar-refractivity contribution < 1.29 is 4.74 Å². The summed E-state index contributed by atoms with van der Waals surface area (Å²) in [6.07, 6.45) is 1.88. The van der Waals surface area contributed by atoms with Crippen LogP contribution in [0.2, 0.25) is 0 Å². The number of aryl methyl sites for hydroxylation is 1. The van der Waals surface area contributed by atoms with Crippen LogP contribution in [0.5, 0.6) is 11.5 Å². The van der Waals surface area contributed by atoms with Gasteiger partial charge in [-0.1, -0.05) is 18.2 Å². The largest absolute Gasteiger partial charge is 0.457 e. The quantitative estimate of drug-likeness (QED) is 0.909. The molecular formula is C17H22N2O. The van der Waals surface area contributed by atoms with E-state index in [1.165, 1.54) is 0 Å². The van der Waals surface area contributed by atoms with Gasteiger partial charge < -0.3 is 10.1 Å². The van der Waals surface area contributed by atoms with Gasteiger partial charge >= 0.3 is 0 Å². The lowest BCUT2D eigenvalue weighted by atomic mass is 10.1. The van der Waals surface area contributed by atoms with E-state index in [2.05, 4.69) is 31.1 Å². The summed E-state index contributed by atoms with van der Waals surface area (Å²) in [5.74, 6) is 1.70. The van der Waals surface area contributed by atoms with Crippen LogP contribution in [-0.4, -0.2) is 10.5 Å². The molecule has 0 aliphatic rings. The summed E-state index contributed by atoms with van der Waals surface area (Å²) < 4.78 is 5.98. The fraction of sp³-hybridized carbons (Fsp3) is 0.353. The van der Waals surface area contributed by atoms with Crippen LogP contribution in [0.3, 0.4) is 0 Å². The first-order valence-electron chi connectivity index (χ1n) is 6.87. The highest BCUT2D eigenvalue weighted by Crippen LogP contribution is 2.25. The Morgan fingerprint density at radius 2 is 1.85 bits per heavy atom. The van der Waals surface area contributed by atoms with Crippen LogP contribution in [0, 0.1) is 6.92 Å². The Morgan fingerprint density at radius 3 is 2.50 bits per heavy atom. The third-order valence-corrected chi connectivity index (χ3v) is 2.86. The van der Waals surface area contributed by atoms with E-state index in [1.54, 1.807) is 0 Å². The molecule has 0 unspecified atom stereocenters. The molecule has 0 aliphatic carbocycles. The standard InChI is InChI=1S/C17H22N2O/c1-13-10-16(20-15-8-6-5-7-9-15)14(11-18-13)12-19-17(2,3)4/h5-11,19H,12H2,1-4H3. The number of pyridine rings is 1. The first-order chi connectivity index (χ1) is 9.44. The Hall–Kier alpha value is -1.87. The molecule has 0 amide bonds. The maximum Gasteiger partial charge on any atom is 0.135 e. The molecule has 0 atom stereocenters. The number of aromatic nitrogens is 1. The fourth-order valence-electron chi connectivity index (χ4n) is 1.77. The van der Waals surface area contributed by atoms with Crippen molar-refractivity contribution in [1.82, 2.24) is 10.3 Å². The lowest BCUT2D eigenvalue weighted by molar-refractivity contribution is 0.413. The molecule has 1 heterocycles. The maximum atomic E-state index is 5.98. The first-order valence-corrected chi connectivity index (χ1v) is 6.87. The van der Waals surface area contributed by atoms with Gasteiger partial charge in [0.25, 0.3) is 0 Å². The second-order valence-electron chi connectivity index (χ2n) is 5.95. The number of benzene rings is 1. The van der Waals surface area contributed by atoms with Gasteiger partial charge in [-0.15, -0.1) is 0 Å². The Balaban J connectivity index is 2.20. The summed E-state index contributed by atoms with van der Waals surface area (Å²) in [5, 5.41) is 3.46. The Labute approximate surface area is 121 Å². The summed E-state index contributed by atoms with van der Waals surface area (Å²) in [7, 11) is 0. The Kier molecular flexibility index (Phi) is 4.40. The van der Waals surface area contributed by atoms with Gasteiger partial charge in [-0.2, -0.15) is 0 Å². The monoisotopic (exact) mass is 270 g/mol. The summed E-state index contributed by atoms with van der Waals surface area (Å²) in [5.41, 5.74) is 2.08. The zero-order chi connectivity index (χ0) is 14.6. The van der Waals surface area contributed by atoms with Gasteiger partial charge in [0, 0.05) is 35.6 Å². The predicted molar refractivity (Wildman–Crippen MR) is 82.1 cm³/mol. The minimum atomic E-state index is 0.0644. The van der Waals surface area contributed by atoms with Crippen LogP contribution in [0.1, 0.15) is 32.0 Å². The van der Waals surface area contributed by atoms with Gasteiger partial charge in [0.1, 0.15) is 11.5 Å². The molecule has 1 aromatic carbocycles. The third-order valence-electron chi connectivity index (χ3n) is 2.86. The second kappa shape index (κ2) is 6.06. The van der Waals surface area contributed by atoms with Gasteiger partial charge in [0.15, 0.2) is 0 Å². The molecule has 0 aliphatic heterocycles. The molecule has 3 heteroatoms. The molecule has 20 heavy (non-hydrogen) atoms. The van der Waals surface area contributed by atoms with Crippen LogP contribution in [0.15, 0.2) is 42.6 Å². The van der Waals surface area contributed by atoms with Gasteiger partial charge in [-0.25, -0.2) is 0 Å². The van der Waals surface area contributed by atoms with Crippen LogP contribution < -0.4 is 10.1 Å². The summed E-state index contributed by atoms with van der Waals surface area (Å²) >= 11 is 0. The minimum Gasteiger partial charge on any atom is -0.457 e. The van der Waals surface area contributed by atoms with Crippen molar-refractivity contribution in [1.29, 1.82) is 0 Å².